The number of rotatable bonds is 7. The number of halogens is 1. The van der Waals surface area contributed by atoms with Crippen LogP contribution in [0.5, 0.6) is 0 Å². The van der Waals surface area contributed by atoms with E-state index in [-0.39, 0.29) is 5.82 Å². The van der Waals surface area contributed by atoms with Crippen LogP contribution in [0.2, 0.25) is 0 Å². The van der Waals surface area contributed by atoms with Gasteiger partial charge in [-0.15, -0.1) is 0 Å². The SMILES string of the molecule is Fc1ccc(Cc2noc(-c3ccc(NCCc4cnccn4)nc3)n2)cc1. The second-order valence-corrected chi connectivity index (χ2v) is 6.12. The van der Waals surface area contributed by atoms with Gasteiger partial charge in [0.2, 0.25) is 0 Å². The zero-order valence-electron chi connectivity index (χ0n) is 14.9. The molecule has 140 valence electrons. The van der Waals surface area contributed by atoms with Crippen molar-refractivity contribution in [2.24, 2.45) is 0 Å². The fraction of sp³-hybridized carbons (Fsp3) is 0.150. The Labute approximate surface area is 160 Å². The van der Waals surface area contributed by atoms with Gasteiger partial charge in [-0.05, 0) is 29.8 Å². The minimum atomic E-state index is -0.269. The molecule has 0 radical (unpaired) electrons. The number of anilines is 1. The van der Waals surface area contributed by atoms with Gasteiger partial charge in [-0.1, -0.05) is 17.3 Å². The number of hydrogen-bond donors (Lipinski definition) is 1. The van der Waals surface area contributed by atoms with Crippen molar-refractivity contribution in [1.29, 1.82) is 0 Å². The fourth-order valence-electron chi connectivity index (χ4n) is 2.63. The minimum Gasteiger partial charge on any atom is -0.370 e. The van der Waals surface area contributed by atoms with Gasteiger partial charge >= 0.3 is 0 Å². The van der Waals surface area contributed by atoms with Gasteiger partial charge < -0.3 is 9.84 Å². The van der Waals surface area contributed by atoms with Gasteiger partial charge in [0.1, 0.15) is 11.6 Å². The largest absolute Gasteiger partial charge is 0.370 e. The van der Waals surface area contributed by atoms with Crippen molar-refractivity contribution in [3.8, 4) is 11.5 Å². The summed E-state index contributed by atoms with van der Waals surface area (Å²) in [6.45, 7) is 0.702. The first-order valence-corrected chi connectivity index (χ1v) is 8.78. The summed E-state index contributed by atoms with van der Waals surface area (Å²) in [7, 11) is 0. The normalized spacial score (nSPS) is 10.8. The van der Waals surface area contributed by atoms with Gasteiger partial charge in [-0.3, -0.25) is 9.97 Å². The number of nitrogens with zero attached hydrogens (tertiary/aromatic N) is 5. The molecule has 3 aromatic heterocycles. The molecular weight excluding hydrogens is 359 g/mol. The molecule has 8 heteroatoms. The molecule has 0 bridgehead atoms. The zero-order valence-corrected chi connectivity index (χ0v) is 14.9. The molecule has 7 nitrogen and oxygen atoms in total. The highest BCUT2D eigenvalue weighted by Crippen LogP contribution is 2.18. The molecule has 0 saturated carbocycles. The van der Waals surface area contributed by atoms with Crippen LogP contribution in [0.15, 0.2) is 65.7 Å². The Morgan fingerprint density at radius 1 is 0.964 bits per heavy atom. The summed E-state index contributed by atoms with van der Waals surface area (Å²) in [5.74, 6) is 1.41. The summed E-state index contributed by atoms with van der Waals surface area (Å²) in [5.41, 5.74) is 2.57. The number of aromatic nitrogens is 5. The highest BCUT2D eigenvalue weighted by atomic mass is 19.1. The molecule has 0 spiro atoms. The number of pyridine rings is 1. The van der Waals surface area contributed by atoms with Crippen molar-refractivity contribution in [1.82, 2.24) is 25.1 Å². The van der Waals surface area contributed by atoms with Crippen molar-refractivity contribution in [3.05, 3.63) is 84.1 Å². The van der Waals surface area contributed by atoms with Crippen molar-refractivity contribution in [2.45, 2.75) is 12.8 Å². The van der Waals surface area contributed by atoms with Crippen LogP contribution in [0, 0.1) is 5.82 Å². The van der Waals surface area contributed by atoms with Gasteiger partial charge in [-0.25, -0.2) is 9.37 Å². The molecule has 0 fully saturated rings. The highest BCUT2D eigenvalue weighted by Gasteiger charge is 2.10. The Morgan fingerprint density at radius 3 is 2.61 bits per heavy atom. The summed E-state index contributed by atoms with van der Waals surface area (Å²) in [4.78, 5) is 17.0. The van der Waals surface area contributed by atoms with Crippen molar-refractivity contribution < 1.29 is 8.91 Å². The van der Waals surface area contributed by atoms with Crippen molar-refractivity contribution >= 4 is 5.82 Å². The third-order valence-corrected chi connectivity index (χ3v) is 4.06. The minimum absolute atomic E-state index is 0.269. The standard InChI is InChI=1S/C20H17FN6O/c21-16-4-1-14(2-5-16)11-19-26-20(28-27-19)15-3-6-18(25-12-15)24-8-7-17-13-22-9-10-23-17/h1-6,9-10,12-13H,7-8,11H2,(H,24,25). The maximum Gasteiger partial charge on any atom is 0.259 e. The van der Waals surface area contributed by atoms with Gasteiger partial charge in [0, 0.05) is 44.2 Å². The van der Waals surface area contributed by atoms with Crippen LogP contribution in [-0.4, -0.2) is 31.6 Å². The lowest BCUT2D eigenvalue weighted by Gasteiger charge is -2.05. The van der Waals surface area contributed by atoms with Gasteiger partial charge in [-0.2, -0.15) is 4.98 Å². The molecule has 4 aromatic rings. The first-order chi connectivity index (χ1) is 13.8. The second-order valence-electron chi connectivity index (χ2n) is 6.12. The lowest BCUT2D eigenvalue weighted by atomic mass is 10.1. The maximum absolute atomic E-state index is 13.0. The summed E-state index contributed by atoms with van der Waals surface area (Å²) >= 11 is 0. The average Bonchev–Trinajstić information content (AvgIpc) is 3.20. The van der Waals surface area contributed by atoms with E-state index in [2.05, 4.69) is 30.4 Å². The summed E-state index contributed by atoms with van der Waals surface area (Å²) in [5, 5.41) is 7.22. The van der Waals surface area contributed by atoms with E-state index >= 15 is 0 Å². The van der Waals surface area contributed by atoms with Crippen LogP contribution >= 0.6 is 0 Å². The number of hydrogen-bond acceptors (Lipinski definition) is 7. The first-order valence-electron chi connectivity index (χ1n) is 8.78. The molecular formula is C20H17FN6O. The Morgan fingerprint density at radius 2 is 1.86 bits per heavy atom. The van der Waals surface area contributed by atoms with Gasteiger partial charge in [0.15, 0.2) is 5.82 Å². The Kier molecular flexibility index (Phi) is 5.28. The fourth-order valence-corrected chi connectivity index (χ4v) is 2.63. The molecule has 1 N–H and O–H groups in total. The third kappa shape index (κ3) is 4.53. The van der Waals surface area contributed by atoms with Gasteiger partial charge in [0.05, 0.1) is 11.3 Å². The molecule has 0 aliphatic heterocycles. The van der Waals surface area contributed by atoms with Crippen LogP contribution in [0.1, 0.15) is 17.1 Å². The Balaban J connectivity index is 1.34. The molecule has 0 amide bonds. The predicted molar refractivity (Wildman–Crippen MR) is 101 cm³/mol. The van der Waals surface area contributed by atoms with E-state index in [1.807, 2.05) is 12.1 Å². The lowest BCUT2D eigenvalue weighted by molar-refractivity contribution is 0.424. The summed E-state index contributed by atoms with van der Waals surface area (Å²) in [6, 6.07) is 9.96. The molecule has 1 aromatic carbocycles. The smallest absolute Gasteiger partial charge is 0.259 e. The van der Waals surface area contributed by atoms with Crippen molar-refractivity contribution in [3.63, 3.8) is 0 Å². The number of nitrogens with one attached hydrogen (secondary N) is 1. The summed E-state index contributed by atoms with van der Waals surface area (Å²) < 4.78 is 18.3. The molecule has 0 saturated heterocycles. The molecule has 28 heavy (non-hydrogen) atoms. The van der Waals surface area contributed by atoms with E-state index in [1.165, 1.54) is 12.1 Å². The van der Waals surface area contributed by atoms with Gasteiger partial charge in [0.25, 0.3) is 5.89 Å². The summed E-state index contributed by atoms with van der Waals surface area (Å²) in [6.07, 6.45) is 7.99. The molecule has 4 rings (SSSR count). The Bertz CT molecular complexity index is 1020. The molecule has 3 heterocycles. The predicted octanol–water partition coefficient (Wildman–Crippen LogP) is 3.31. The molecule has 0 unspecified atom stereocenters. The van der Waals surface area contributed by atoms with Crippen LogP contribution in [0.25, 0.3) is 11.5 Å². The molecule has 0 atom stereocenters. The zero-order chi connectivity index (χ0) is 19.2. The van der Waals surface area contributed by atoms with Crippen molar-refractivity contribution in [2.75, 3.05) is 11.9 Å². The number of benzene rings is 1. The quantitative estimate of drug-likeness (QED) is 0.529. The molecule has 0 aliphatic carbocycles. The highest BCUT2D eigenvalue weighted by molar-refractivity contribution is 5.54. The van der Waals surface area contributed by atoms with Crippen LogP contribution < -0.4 is 5.32 Å². The maximum atomic E-state index is 13.0. The average molecular weight is 376 g/mol. The van der Waals surface area contributed by atoms with E-state index < -0.39 is 0 Å². The van der Waals surface area contributed by atoms with E-state index in [0.717, 1.165) is 29.1 Å². The first kappa shape index (κ1) is 17.7. The van der Waals surface area contributed by atoms with E-state index in [4.69, 9.17) is 4.52 Å². The monoisotopic (exact) mass is 376 g/mol. The van der Waals surface area contributed by atoms with E-state index in [9.17, 15) is 4.39 Å². The topological polar surface area (TPSA) is 89.6 Å². The van der Waals surface area contributed by atoms with E-state index in [0.29, 0.717) is 24.7 Å². The van der Waals surface area contributed by atoms with Crippen LogP contribution in [0.3, 0.4) is 0 Å². The van der Waals surface area contributed by atoms with E-state index in [1.54, 1.807) is 36.9 Å². The van der Waals surface area contributed by atoms with Crippen LogP contribution in [-0.2, 0) is 12.8 Å². The van der Waals surface area contributed by atoms with Crippen LogP contribution in [0.4, 0.5) is 10.2 Å². The lowest BCUT2D eigenvalue weighted by Crippen LogP contribution is -2.07. The molecule has 0 aliphatic rings. The third-order valence-electron chi connectivity index (χ3n) is 4.06. The Hall–Kier alpha value is -3.68. The second kappa shape index (κ2) is 8.34.